The lowest BCUT2D eigenvalue weighted by Gasteiger charge is -2.16. The van der Waals surface area contributed by atoms with E-state index in [1.54, 1.807) is 26.5 Å². The van der Waals surface area contributed by atoms with Crippen molar-refractivity contribution in [2.24, 2.45) is 0 Å². The van der Waals surface area contributed by atoms with E-state index in [0.717, 1.165) is 11.3 Å². The SMILES string of the molecule is COc1cc2nc(N)nc(N)c2c(Cc2ccco2)c1OC. The molecule has 0 saturated carbocycles. The Morgan fingerprint density at radius 3 is 2.64 bits per heavy atom. The molecule has 0 radical (unpaired) electrons. The number of fused-ring (bicyclic) bond motifs is 1. The zero-order chi connectivity index (χ0) is 15.7. The first-order valence-corrected chi connectivity index (χ1v) is 6.63. The lowest BCUT2D eigenvalue weighted by atomic mass is 10.0. The van der Waals surface area contributed by atoms with Crippen LogP contribution in [0.2, 0.25) is 0 Å². The molecular formula is C15H16N4O3. The minimum absolute atomic E-state index is 0.112. The Morgan fingerprint density at radius 1 is 1.18 bits per heavy atom. The number of aromatic nitrogens is 2. The number of hydrogen-bond donors (Lipinski definition) is 2. The van der Waals surface area contributed by atoms with E-state index in [1.165, 1.54) is 0 Å². The normalized spacial score (nSPS) is 10.8. The van der Waals surface area contributed by atoms with Crippen LogP contribution >= 0.6 is 0 Å². The predicted molar refractivity (Wildman–Crippen MR) is 83.0 cm³/mol. The summed E-state index contributed by atoms with van der Waals surface area (Å²) in [4.78, 5) is 8.27. The highest BCUT2D eigenvalue weighted by atomic mass is 16.5. The zero-order valence-corrected chi connectivity index (χ0v) is 12.3. The van der Waals surface area contributed by atoms with E-state index in [2.05, 4.69) is 9.97 Å². The van der Waals surface area contributed by atoms with Crippen molar-refractivity contribution in [2.75, 3.05) is 25.7 Å². The fourth-order valence-corrected chi connectivity index (χ4v) is 2.51. The van der Waals surface area contributed by atoms with Gasteiger partial charge in [-0.15, -0.1) is 0 Å². The summed E-state index contributed by atoms with van der Waals surface area (Å²) in [6.07, 6.45) is 2.09. The van der Waals surface area contributed by atoms with Gasteiger partial charge in [-0.1, -0.05) is 0 Å². The van der Waals surface area contributed by atoms with Crippen LogP contribution in [0.1, 0.15) is 11.3 Å². The number of hydrogen-bond acceptors (Lipinski definition) is 7. The molecule has 0 aliphatic rings. The molecule has 22 heavy (non-hydrogen) atoms. The van der Waals surface area contributed by atoms with Gasteiger partial charge in [0.05, 0.1) is 31.4 Å². The molecule has 2 aromatic heterocycles. The standard InChI is InChI=1S/C15H16N4O3/c1-20-11-7-10-12(14(16)19-15(17)18-10)9(13(11)21-2)6-8-4-3-5-22-8/h3-5,7H,6H2,1-2H3,(H4,16,17,18,19). The Bertz CT molecular complexity index is 816. The van der Waals surface area contributed by atoms with Crippen molar-refractivity contribution in [3.05, 3.63) is 35.8 Å². The number of ether oxygens (including phenoxy) is 2. The molecule has 7 nitrogen and oxygen atoms in total. The quantitative estimate of drug-likeness (QED) is 0.758. The van der Waals surface area contributed by atoms with Crippen LogP contribution in [0.4, 0.5) is 11.8 Å². The maximum atomic E-state index is 6.04. The topological polar surface area (TPSA) is 109 Å². The zero-order valence-electron chi connectivity index (χ0n) is 12.3. The number of rotatable bonds is 4. The van der Waals surface area contributed by atoms with Crippen molar-refractivity contribution in [3.8, 4) is 11.5 Å². The van der Waals surface area contributed by atoms with Gasteiger partial charge in [-0.25, -0.2) is 4.98 Å². The molecule has 0 fully saturated rings. The van der Waals surface area contributed by atoms with Crippen LogP contribution < -0.4 is 20.9 Å². The van der Waals surface area contributed by atoms with Crippen LogP contribution in [-0.4, -0.2) is 24.2 Å². The van der Waals surface area contributed by atoms with Gasteiger partial charge in [0.15, 0.2) is 11.5 Å². The smallest absolute Gasteiger partial charge is 0.222 e. The van der Waals surface area contributed by atoms with Gasteiger partial charge < -0.3 is 25.4 Å². The molecule has 114 valence electrons. The summed E-state index contributed by atoms with van der Waals surface area (Å²) in [5.74, 6) is 2.30. The molecule has 4 N–H and O–H groups in total. The first-order valence-electron chi connectivity index (χ1n) is 6.63. The Morgan fingerprint density at radius 2 is 2.00 bits per heavy atom. The average molecular weight is 300 g/mol. The second-order valence-electron chi connectivity index (χ2n) is 4.71. The summed E-state index contributed by atoms with van der Waals surface area (Å²) in [5, 5.41) is 0.684. The molecule has 0 aliphatic carbocycles. The Kier molecular flexibility index (Phi) is 3.46. The third-order valence-corrected chi connectivity index (χ3v) is 3.40. The van der Waals surface area contributed by atoms with Crippen LogP contribution in [0.25, 0.3) is 10.9 Å². The lowest BCUT2D eigenvalue weighted by molar-refractivity contribution is 0.352. The molecule has 0 unspecified atom stereocenters. The van der Waals surface area contributed by atoms with Crippen molar-refractivity contribution in [2.45, 2.75) is 6.42 Å². The van der Waals surface area contributed by atoms with Crippen molar-refractivity contribution in [3.63, 3.8) is 0 Å². The third kappa shape index (κ3) is 2.26. The maximum absolute atomic E-state index is 6.04. The van der Waals surface area contributed by atoms with Gasteiger partial charge in [-0.05, 0) is 12.1 Å². The third-order valence-electron chi connectivity index (χ3n) is 3.40. The number of methoxy groups -OCH3 is 2. The Hall–Kier alpha value is -2.96. The summed E-state index contributed by atoms with van der Waals surface area (Å²) in [6, 6.07) is 5.43. The molecule has 3 rings (SSSR count). The molecular weight excluding hydrogens is 284 g/mol. The van der Waals surface area contributed by atoms with E-state index in [9.17, 15) is 0 Å². The summed E-state index contributed by atoms with van der Waals surface area (Å²) in [6.45, 7) is 0. The molecule has 0 bridgehead atoms. The number of anilines is 2. The highest BCUT2D eigenvalue weighted by molar-refractivity contribution is 5.95. The van der Waals surface area contributed by atoms with Gasteiger partial charge in [-0.3, -0.25) is 0 Å². The monoisotopic (exact) mass is 300 g/mol. The van der Waals surface area contributed by atoms with Gasteiger partial charge in [0.1, 0.15) is 11.6 Å². The highest BCUT2D eigenvalue weighted by Crippen LogP contribution is 2.40. The fourth-order valence-electron chi connectivity index (χ4n) is 2.51. The summed E-state index contributed by atoms with van der Waals surface area (Å²) >= 11 is 0. The fraction of sp³-hybridized carbons (Fsp3) is 0.200. The highest BCUT2D eigenvalue weighted by Gasteiger charge is 2.20. The second-order valence-corrected chi connectivity index (χ2v) is 4.71. The second kappa shape index (κ2) is 5.44. The number of nitrogens with two attached hydrogens (primary N) is 2. The van der Waals surface area contributed by atoms with Crippen LogP contribution in [0, 0.1) is 0 Å². The first-order chi connectivity index (χ1) is 10.6. The van der Waals surface area contributed by atoms with Crippen LogP contribution in [0.15, 0.2) is 28.9 Å². The van der Waals surface area contributed by atoms with Gasteiger partial charge in [0.25, 0.3) is 0 Å². The molecule has 7 heteroatoms. The van der Waals surface area contributed by atoms with Crippen molar-refractivity contribution < 1.29 is 13.9 Å². The van der Waals surface area contributed by atoms with Crippen LogP contribution in [-0.2, 0) is 6.42 Å². The molecule has 1 aromatic carbocycles. The lowest BCUT2D eigenvalue weighted by Crippen LogP contribution is -2.05. The maximum Gasteiger partial charge on any atom is 0.222 e. The Balaban J connectivity index is 2.33. The van der Waals surface area contributed by atoms with Crippen molar-refractivity contribution in [1.29, 1.82) is 0 Å². The molecule has 0 saturated heterocycles. The minimum atomic E-state index is 0.112. The van der Waals surface area contributed by atoms with Crippen molar-refractivity contribution in [1.82, 2.24) is 9.97 Å². The van der Waals surface area contributed by atoms with Gasteiger partial charge >= 0.3 is 0 Å². The van der Waals surface area contributed by atoms with Crippen LogP contribution in [0.5, 0.6) is 11.5 Å². The van der Waals surface area contributed by atoms with Crippen LogP contribution in [0.3, 0.4) is 0 Å². The van der Waals surface area contributed by atoms with E-state index in [-0.39, 0.29) is 5.95 Å². The summed E-state index contributed by atoms with van der Waals surface area (Å²) < 4.78 is 16.3. The molecule has 0 amide bonds. The van der Waals surface area contributed by atoms with Gasteiger partial charge in [0, 0.05) is 18.1 Å². The average Bonchev–Trinajstić information content (AvgIpc) is 2.98. The van der Waals surface area contributed by atoms with E-state index in [1.807, 2.05) is 12.1 Å². The molecule has 0 atom stereocenters. The summed E-state index contributed by atoms with van der Waals surface area (Å²) in [5.41, 5.74) is 13.1. The number of benzene rings is 1. The van der Waals surface area contributed by atoms with E-state index >= 15 is 0 Å². The van der Waals surface area contributed by atoms with E-state index < -0.39 is 0 Å². The minimum Gasteiger partial charge on any atom is -0.493 e. The van der Waals surface area contributed by atoms with Gasteiger partial charge in [0.2, 0.25) is 5.95 Å². The summed E-state index contributed by atoms with van der Waals surface area (Å²) in [7, 11) is 3.14. The largest absolute Gasteiger partial charge is 0.493 e. The number of nitrogen functional groups attached to an aromatic ring is 2. The molecule has 0 spiro atoms. The van der Waals surface area contributed by atoms with Gasteiger partial charge in [-0.2, -0.15) is 4.98 Å². The van der Waals surface area contributed by atoms with E-state index in [4.69, 9.17) is 25.4 Å². The van der Waals surface area contributed by atoms with E-state index in [0.29, 0.717) is 34.6 Å². The molecule has 3 aromatic rings. The number of furan rings is 1. The predicted octanol–water partition coefficient (Wildman–Crippen LogP) is 2.00. The Labute approximate surface area is 126 Å². The van der Waals surface area contributed by atoms with Crippen molar-refractivity contribution >= 4 is 22.7 Å². The molecule has 2 heterocycles. The molecule has 0 aliphatic heterocycles. The number of nitrogens with zero attached hydrogens (tertiary/aromatic N) is 2. The first kappa shape index (κ1) is 14.0.